The van der Waals surface area contributed by atoms with Gasteiger partial charge in [-0.1, -0.05) is 20.8 Å². The Kier molecular flexibility index (Phi) is 6.65. The van der Waals surface area contributed by atoms with Crippen LogP contribution >= 0.6 is 0 Å². The molecule has 0 aromatic heterocycles. The summed E-state index contributed by atoms with van der Waals surface area (Å²) in [7, 11) is 1.42. The van der Waals surface area contributed by atoms with Crippen molar-refractivity contribution in [2.45, 2.75) is 58.9 Å². The Morgan fingerprint density at radius 2 is 1.90 bits per heavy atom. The van der Waals surface area contributed by atoms with Gasteiger partial charge >= 0.3 is 11.9 Å². The lowest BCUT2D eigenvalue weighted by Crippen LogP contribution is -2.45. The molecule has 0 saturated heterocycles. The number of hydrogen-bond donors (Lipinski definition) is 2. The predicted octanol–water partition coefficient (Wildman–Crippen LogP) is 2.44. The highest BCUT2D eigenvalue weighted by Gasteiger charge is 2.38. The van der Waals surface area contributed by atoms with Gasteiger partial charge in [0.25, 0.3) is 0 Å². The number of nitrogens with one attached hydrogen (secondary N) is 1. The Morgan fingerprint density at radius 1 is 1.29 bits per heavy atom. The second-order valence-electron chi connectivity index (χ2n) is 6.26. The fraction of sp³-hybridized carbons (Fsp3) is 0.875. The maximum absolute atomic E-state index is 11.5. The van der Waals surface area contributed by atoms with Crippen molar-refractivity contribution in [3.05, 3.63) is 0 Å². The molecule has 1 saturated carbocycles. The third-order valence-electron chi connectivity index (χ3n) is 5.39. The maximum atomic E-state index is 11.5. The molecule has 0 aromatic rings. The standard InChI is InChI=1S/C16H29NO4/c1-5-16(6-2,15(19)20)10-17-13-8-7-12(11(13)3)9-14(18)21-4/h11-13,17H,5-10H2,1-4H3,(H,19,20). The van der Waals surface area contributed by atoms with E-state index in [2.05, 4.69) is 12.2 Å². The summed E-state index contributed by atoms with van der Waals surface area (Å²) < 4.78 is 4.74. The Balaban J connectivity index is 2.56. The van der Waals surface area contributed by atoms with E-state index >= 15 is 0 Å². The van der Waals surface area contributed by atoms with Gasteiger partial charge < -0.3 is 15.2 Å². The highest BCUT2D eigenvalue weighted by Crippen LogP contribution is 2.35. The van der Waals surface area contributed by atoms with Crippen LogP contribution in [0.4, 0.5) is 0 Å². The Morgan fingerprint density at radius 3 is 2.38 bits per heavy atom. The molecule has 0 aliphatic heterocycles. The summed E-state index contributed by atoms with van der Waals surface area (Å²) in [5.41, 5.74) is -0.680. The van der Waals surface area contributed by atoms with E-state index in [0.717, 1.165) is 12.8 Å². The first kappa shape index (κ1) is 18.0. The van der Waals surface area contributed by atoms with Crippen molar-refractivity contribution in [1.82, 2.24) is 5.32 Å². The van der Waals surface area contributed by atoms with Gasteiger partial charge in [-0.3, -0.25) is 9.59 Å². The van der Waals surface area contributed by atoms with Crippen LogP contribution in [0.1, 0.15) is 52.9 Å². The van der Waals surface area contributed by atoms with Gasteiger partial charge in [0, 0.05) is 19.0 Å². The van der Waals surface area contributed by atoms with E-state index in [0.29, 0.717) is 37.6 Å². The van der Waals surface area contributed by atoms with Crippen LogP contribution in [0, 0.1) is 17.3 Å². The number of carboxylic acids is 1. The molecular formula is C16H29NO4. The van der Waals surface area contributed by atoms with Crippen molar-refractivity contribution < 1.29 is 19.4 Å². The highest BCUT2D eigenvalue weighted by molar-refractivity contribution is 5.74. The van der Waals surface area contributed by atoms with Crippen LogP contribution in [0.2, 0.25) is 0 Å². The minimum Gasteiger partial charge on any atom is -0.481 e. The fourth-order valence-corrected chi connectivity index (χ4v) is 3.33. The summed E-state index contributed by atoms with van der Waals surface area (Å²) in [6, 6.07) is 0.288. The summed E-state index contributed by atoms with van der Waals surface area (Å²) in [5, 5.41) is 12.9. The van der Waals surface area contributed by atoms with Gasteiger partial charge in [-0.15, -0.1) is 0 Å². The Hall–Kier alpha value is -1.10. The van der Waals surface area contributed by atoms with Crippen LogP contribution in [0.25, 0.3) is 0 Å². The molecule has 3 unspecified atom stereocenters. The smallest absolute Gasteiger partial charge is 0.310 e. The minimum absolute atomic E-state index is 0.158. The number of carbonyl (C=O) groups is 2. The molecule has 1 fully saturated rings. The van der Waals surface area contributed by atoms with E-state index in [1.807, 2.05) is 13.8 Å². The summed E-state index contributed by atoms with van der Waals surface area (Å²) >= 11 is 0. The van der Waals surface area contributed by atoms with E-state index in [1.165, 1.54) is 7.11 Å². The van der Waals surface area contributed by atoms with Crippen molar-refractivity contribution in [2.24, 2.45) is 17.3 Å². The molecule has 0 amide bonds. The largest absolute Gasteiger partial charge is 0.481 e. The van der Waals surface area contributed by atoms with E-state index in [4.69, 9.17) is 4.74 Å². The molecule has 0 aromatic carbocycles. The third-order valence-corrected chi connectivity index (χ3v) is 5.39. The molecule has 0 radical (unpaired) electrons. The number of aliphatic carboxylic acids is 1. The lowest BCUT2D eigenvalue weighted by atomic mass is 9.82. The number of methoxy groups -OCH3 is 1. The predicted molar refractivity (Wildman–Crippen MR) is 81.0 cm³/mol. The number of carboxylic acid groups (broad SMARTS) is 1. The Bertz CT molecular complexity index is 365. The SMILES string of the molecule is CCC(CC)(CNC1CCC(CC(=O)OC)C1C)C(=O)O. The molecular weight excluding hydrogens is 270 g/mol. The first-order chi connectivity index (χ1) is 9.90. The van der Waals surface area contributed by atoms with Gasteiger partial charge in [0.15, 0.2) is 0 Å². The molecule has 1 rings (SSSR count). The van der Waals surface area contributed by atoms with E-state index in [9.17, 15) is 14.7 Å². The average Bonchev–Trinajstić information content (AvgIpc) is 2.81. The fourth-order valence-electron chi connectivity index (χ4n) is 3.33. The number of ether oxygens (including phenoxy) is 1. The van der Waals surface area contributed by atoms with Crippen LogP contribution in [0.5, 0.6) is 0 Å². The first-order valence-corrected chi connectivity index (χ1v) is 7.93. The highest BCUT2D eigenvalue weighted by atomic mass is 16.5. The van der Waals surface area contributed by atoms with Crippen molar-refractivity contribution >= 4 is 11.9 Å². The molecule has 0 spiro atoms. The summed E-state index contributed by atoms with van der Waals surface area (Å²) in [6.45, 7) is 6.49. The van der Waals surface area contributed by atoms with Crippen molar-refractivity contribution in [3.63, 3.8) is 0 Å². The van der Waals surface area contributed by atoms with Gasteiger partial charge in [0.05, 0.1) is 12.5 Å². The lowest BCUT2D eigenvalue weighted by molar-refractivity contribution is -0.149. The van der Waals surface area contributed by atoms with Gasteiger partial charge in [-0.05, 0) is 37.5 Å². The topological polar surface area (TPSA) is 75.6 Å². The molecule has 21 heavy (non-hydrogen) atoms. The van der Waals surface area contributed by atoms with Crippen molar-refractivity contribution in [3.8, 4) is 0 Å². The molecule has 0 heterocycles. The van der Waals surface area contributed by atoms with Gasteiger partial charge in [0.2, 0.25) is 0 Å². The zero-order valence-electron chi connectivity index (χ0n) is 13.6. The van der Waals surface area contributed by atoms with E-state index < -0.39 is 11.4 Å². The average molecular weight is 299 g/mol. The molecule has 5 heteroatoms. The van der Waals surface area contributed by atoms with Gasteiger partial charge in [-0.2, -0.15) is 0 Å². The molecule has 0 bridgehead atoms. The quantitative estimate of drug-likeness (QED) is 0.673. The second kappa shape index (κ2) is 7.78. The minimum atomic E-state index is -0.725. The van der Waals surface area contributed by atoms with Crippen molar-refractivity contribution in [2.75, 3.05) is 13.7 Å². The van der Waals surface area contributed by atoms with E-state index in [-0.39, 0.29) is 12.0 Å². The second-order valence-corrected chi connectivity index (χ2v) is 6.26. The van der Waals surface area contributed by atoms with Crippen LogP contribution in [-0.2, 0) is 14.3 Å². The van der Waals surface area contributed by atoms with Crippen LogP contribution in [0.3, 0.4) is 0 Å². The first-order valence-electron chi connectivity index (χ1n) is 7.93. The number of hydrogen-bond acceptors (Lipinski definition) is 4. The number of carbonyl (C=O) groups excluding carboxylic acids is 1. The van der Waals surface area contributed by atoms with Crippen molar-refractivity contribution in [1.29, 1.82) is 0 Å². The normalized spacial score (nSPS) is 25.8. The van der Waals surface area contributed by atoms with Gasteiger partial charge in [-0.25, -0.2) is 0 Å². The molecule has 122 valence electrons. The molecule has 3 atom stereocenters. The summed E-state index contributed by atoms with van der Waals surface area (Å²) in [5.74, 6) is -0.187. The third kappa shape index (κ3) is 4.19. The zero-order valence-corrected chi connectivity index (χ0v) is 13.6. The van der Waals surface area contributed by atoms with Crippen LogP contribution < -0.4 is 5.32 Å². The van der Waals surface area contributed by atoms with Gasteiger partial charge in [0.1, 0.15) is 0 Å². The summed E-state index contributed by atoms with van der Waals surface area (Å²) in [4.78, 5) is 22.9. The van der Waals surface area contributed by atoms with Crippen LogP contribution in [-0.4, -0.2) is 36.7 Å². The zero-order chi connectivity index (χ0) is 16.0. The summed E-state index contributed by atoms with van der Waals surface area (Å²) in [6.07, 6.45) is 3.69. The molecule has 1 aliphatic carbocycles. The number of rotatable bonds is 8. The maximum Gasteiger partial charge on any atom is 0.310 e. The molecule has 1 aliphatic rings. The monoisotopic (exact) mass is 299 g/mol. The molecule has 5 nitrogen and oxygen atoms in total. The number of esters is 1. The van der Waals surface area contributed by atoms with Crippen LogP contribution in [0.15, 0.2) is 0 Å². The molecule has 2 N–H and O–H groups in total. The van der Waals surface area contributed by atoms with E-state index in [1.54, 1.807) is 0 Å². The Labute approximate surface area is 127 Å². The lowest BCUT2D eigenvalue weighted by Gasteiger charge is -2.30.